The number of imidazole rings is 1. The molecule has 4 atom stereocenters. The number of nitrogens with zero attached hydrogens (tertiary/aromatic N) is 1. The van der Waals surface area contributed by atoms with Crippen LogP contribution in [-0.4, -0.2) is 80.6 Å². The zero-order valence-electron chi connectivity index (χ0n) is 19.0. The van der Waals surface area contributed by atoms with Gasteiger partial charge in [-0.1, -0.05) is 0 Å². The van der Waals surface area contributed by atoms with Gasteiger partial charge in [0.25, 0.3) is 0 Å². The standard InChI is InChI=1S/C20H33N7O7/c1-11(17(30)27-15(20(33)34)5-6-16(28)29)25-19(32)14(4-2-3-7-21)26-18(31)13(22)8-12-9-23-10-24-12/h9-11,13-15H,2-8,21-22H2,1H3,(H,23,24)(H,25,32)(H,26,31)(H,27,30)(H,28,29)(H,33,34). The first-order valence-corrected chi connectivity index (χ1v) is 10.8. The predicted molar refractivity (Wildman–Crippen MR) is 119 cm³/mol. The highest BCUT2D eigenvalue weighted by Gasteiger charge is 2.28. The Morgan fingerprint density at radius 1 is 1.00 bits per heavy atom. The van der Waals surface area contributed by atoms with Crippen molar-refractivity contribution >= 4 is 29.7 Å². The molecule has 1 aromatic rings. The lowest BCUT2D eigenvalue weighted by Gasteiger charge is -2.23. The maximum Gasteiger partial charge on any atom is 0.326 e. The third-order valence-electron chi connectivity index (χ3n) is 4.92. The zero-order chi connectivity index (χ0) is 25.7. The van der Waals surface area contributed by atoms with Crippen molar-refractivity contribution in [3.63, 3.8) is 0 Å². The van der Waals surface area contributed by atoms with Gasteiger partial charge < -0.3 is 42.6 Å². The van der Waals surface area contributed by atoms with Gasteiger partial charge in [0, 0.05) is 24.7 Å². The Hall–Kier alpha value is -3.52. The zero-order valence-corrected chi connectivity index (χ0v) is 19.0. The van der Waals surface area contributed by atoms with E-state index >= 15 is 0 Å². The van der Waals surface area contributed by atoms with Crippen LogP contribution in [-0.2, 0) is 30.4 Å². The van der Waals surface area contributed by atoms with Crippen molar-refractivity contribution in [1.29, 1.82) is 0 Å². The number of aromatic nitrogens is 2. The number of hydrogen-bond donors (Lipinski definition) is 8. The van der Waals surface area contributed by atoms with Crippen molar-refractivity contribution in [2.45, 2.75) is 69.6 Å². The van der Waals surface area contributed by atoms with Crippen LogP contribution in [0.4, 0.5) is 0 Å². The molecule has 190 valence electrons. The lowest BCUT2D eigenvalue weighted by molar-refractivity contribution is -0.143. The van der Waals surface area contributed by atoms with Crippen LogP contribution in [0.1, 0.15) is 44.7 Å². The van der Waals surface area contributed by atoms with Crippen LogP contribution in [0.5, 0.6) is 0 Å². The Morgan fingerprint density at radius 3 is 2.24 bits per heavy atom. The van der Waals surface area contributed by atoms with Crippen molar-refractivity contribution in [2.75, 3.05) is 6.54 Å². The molecule has 0 aliphatic heterocycles. The van der Waals surface area contributed by atoms with Crippen LogP contribution in [0.3, 0.4) is 0 Å². The number of carbonyl (C=O) groups excluding carboxylic acids is 3. The van der Waals surface area contributed by atoms with Crippen molar-refractivity contribution in [3.8, 4) is 0 Å². The highest BCUT2D eigenvalue weighted by atomic mass is 16.4. The number of nitrogens with two attached hydrogens (primary N) is 2. The molecule has 14 nitrogen and oxygen atoms in total. The van der Waals surface area contributed by atoms with Gasteiger partial charge in [0.05, 0.1) is 12.4 Å². The minimum absolute atomic E-state index is 0.175. The second kappa shape index (κ2) is 14.6. The van der Waals surface area contributed by atoms with Gasteiger partial charge in [-0.25, -0.2) is 9.78 Å². The summed E-state index contributed by atoms with van der Waals surface area (Å²) in [4.78, 5) is 66.3. The molecule has 0 fully saturated rings. The van der Waals surface area contributed by atoms with E-state index in [1.165, 1.54) is 19.4 Å². The number of amides is 3. The Bertz CT molecular complexity index is 831. The molecule has 0 saturated carbocycles. The molecule has 0 saturated heterocycles. The molecular weight excluding hydrogens is 450 g/mol. The van der Waals surface area contributed by atoms with Gasteiger partial charge in [0.2, 0.25) is 17.7 Å². The summed E-state index contributed by atoms with van der Waals surface area (Å²) in [6, 6.07) is -4.52. The lowest BCUT2D eigenvalue weighted by Crippen LogP contribution is -2.56. The number of aliphatic carboxylic acids is 2. The summed E-state index contributed by atoms with van der Waals surface area (Å²) in [6.45, 7) is 1.74. The maximum atomic E-state index is 12.8. The van der Waals surface area contributed by atoms with Gasteiger partial charge in [-0.15, -0.1) is 0 Å². The van der Waals surface area contributed by atoms with E-state index in [1.807, 2.05) is 0 Å². The largest absolute Gasteiger partial charge is 0.481 e. The van der Waals surface area contributed by atoms with Gasteiger partial charge in [-0.3, -0.25) is 19.2 Å². The molecule has 34 heavy (non-hydrogen) atoms. The average molecular weight is 484 g/mol. The first-order valence-electron chi connectivity index (χ1n) is 10.8. The molecule has 1 aromatic heterocycles. The monoisotopic (exact) mass is 483 g/mol. The lowest BCUT2D eigenvalue weighted by atomic mass is 10.1. The van der Waals surface area contributed by atoms with E-state index in [0.717, 1.165) is 0 Å². The Morgan fingerprint density at radius 2 is 1.68 bits per heavy atom. The maximum absolute atomic E-state index is 12.8. The fourth-order valence-electron chi connectivity index (χ4n) is 2.97. The third kappa shape index (κ3) is 10.4. The highest BCUT2D eigenvalue weighted by Crippen LogP contribution is 2.04. The topological polar surface area (TPSA) is 243 Å². The molecule has 1 rings (SSSR count). The normalized spacial score (nSPS) is 14.3. The molecular formula is C20H33N7O7. The number of rotatable bonds is 16. The molecule has 0 aliphatic rings. The van der Waals surface area contributed by atoms with Gasteiger partial charge in [0.1, 0.15) is 18.1 Å². The molecule has 0 aromatic carbocycles. The van der Waals surface area contributed by atoms with Crippen LogP contribution in [0.15, 0.2) is 12.5 Å². The third-order valence-corrected chi connectivity index (χ3v) is 4.92. The SMILES string of the molecule is CC(NC(=O)C(CCCCN)NC(=O)C(N)Cc1cnc[nH]1)C(=O)NC(CCC(=O)O)C(=O)O. The summed E-state index contributed by atoms with van der Waals surface area (Å²) in [7, 11) is 0. The van der Waals surface area contributed by atoms with Crippen LogP contribution in [0, 0.1) is 0 Å². The molecule has 1 heterocycles. The summed E-state index contributed by atoms with van der Waals surface area (Å²) < 4.78 is 0. The van der Waals surface area contributed by atoms with Crippen molar-refractivity contribution in [3.05, 3.63) is 18.2 Å². The van der Waals surface area contributed by atoms with Crippen molar-refractivity contribution < 1.29 is 34.2 Å². The first-order chi connectivity index (χ1) is 16.0. The molecule has 0 spiro atoms. The van der Waals surface area contributed by atoms with E-state index in [-0.39, 0.29) is 19.3 Å². The number of carboxylic acid groups (broad SMARTS) is 2. The fourth-order valence-corrected chi connectivity index (χ4v) is 2.97. The molecule has 0 bridgehead atoms. The number of carbonyl (C=O) groups is 5. The molecule has 4 unspecified atom stereocenters. The van der Waals surface area contributed by atoms with Crippen LogP contribution < -0.4 is 27.4 Å². The fraction of sp³-hybridized carbons (Fsp3) is 0.600. The van der Waals surface area contributed by atoms with Crippen LogP contribution in [0.25, 0.3) is 0 Å². The summed E-state index contributed by atoms with van der Waals surface area (Å²) >= 11 is 0. The van der Waals surface area contributed by atoms with E-state index in [2.05, 4.69) is 25.9 Å². The number of nitrogens with one attached hydrogen (secondary N) is 4. The summed E-state index contributed by atoms with van der Waals surface area (Å²) in [5.41, 5.74) is 12.1. The summed E-state index contributed by atoms with van der Waals surface area (Å²) in [6.07, 6.45) is 3.77. The van der Waals surface area contributed by atoms with Crippen molar-refractivity contribution in [1.82, 2.24) is 25.9 Å². The van der Waals surface area contributed by atoms with E-state index in [0.29, 0.717) is 25.1 Å². The highest BCUT2D eigenvalue weighted by molar-refractivity contribution is 5.94. The Balaban J connectivity index is 2.74. The smallest absolute Gasteiger partial charge is 0.326 e. The quantitative estimate of drug-likeness (QED) is 0.118. The van der Waals surface area contributed by atoms with E-state index in [4.69, 9.17) is 16.6 Å². The van der Waals surface area contributed by atoms with E-state index in [1.54, 1.807) is 0 Å². The second-order valence-corrected chi connectivity index (χ2v) is 7.80. The minimum atomic E-state index is -1.43. The number of unbranched alkanes of at least 4 members (excludes halogenated alkanes) is 1. The van der Waals surface area contributed by atoms with E-state index in [9.17, 15) is 29.1 Å². The second-order valence-electron chi connectivity index (χ2n) is 7.80. The number of H-pyrrole nitrogens is 1. The van der Waals surface area contributed by atoms with E-state index < -0.39 is 60.2 Å². The van der Waals surface area contributed by atoms with Gasteiger partial charge in [-0.2, -0.15) is 0 Å². The average Bonchev–Trinajstić information content (AvgIpc) is 3.28. The molecule has 3 amide bonds. The van der Waals surface area contributed by atoms with Gasteiger partial charge in [0.15, 0.2) is 0 Å². The molecule has 14 heteroatoms. The minimum Gasteiger partial charge on any atom is -0.481 e. The Labute approximate surface area is 196 Å². The number of hydrogen-bond acceptors (Lipinski definition) is 8. The van der Waals surface area contributed by atoms with Crippen LogP contribution in [0.2, 0.25) is 0 Å². The predicted octanol–water partition coefficient (Wildman–Crippen LogP) is -2.17. The van der Waals surface area contributed by atoms with Crippen LogP contribution >= 0.6 is 0 Å². The van der Waals surface area contributed by atoms with Gasteiger partial charge >= 0.3 is 11.9 Å². The molecule has 0 aliphatic carbocycles. The molecule has 10 N–H and O–H groups in total. The number of aromatic amines is 1. The Kier molecular flexibility index (Phi) is 12.2. The molecule has 0 radical (unpaired) electrons. The first kappa shape index (κ1) is 28.5. The number of carboxylic acids is 2. The summed E-state index contributed by atoms with van der Waals surface area (Å²) in [5.74, 6) is -4.64. The van der Waals surface area contributed by atoms with Crippen molar-refractivity contribution in [2.24, 2.45) is 11.5 Å². The summed E-state index contributed by atoms with van der Waals surface area (Å²) in [5, 5.41) is 25.1. The van der Waals surface area contributed by atoms with Gasteiger partial charge in [-0.05, 0) is 39.2 Å².